The minimum absolute atomic E-state index is 0.152. The summed E-state index contributed by atoms with van der Waals surface area (Å²) in [6.07, 6.45) is 3.79. The van der Waals surface area contributed by atoms with Gasteiger partial charge in [-0.1, -0.05) is 0 Å². The first-order valence-corrected chi connectivity index (χ1v) is 6.22. The van der Waals surface area contributed by atoms with E-state index in [1.807, 2.05) is 22.6 Å². The molecule has 1 heterocycles. The Kier molecular flexibility index (Phi) is 5.20. The predicted octanol–water partition coefficient (Wildman–Crippen LogP) is 0.314. The van der Waals surface area contributed by atoms with Gasteiger partial charge in [0.15, 0.2) is 0 Å². The fourth-order valence-corrected chi connectivity index (χ4v) is 2.15. The Labute approximate surface area is 107 Å². The Morgan fingerprint density at radius 1 is 1.31 bits per heavy atom. The lowest BCUT2D eigenvalue weighted by molar-refractivity contribution is 0.281. The van der Waals surface area contributed by atoms with Crippen molar-refractivity contribution in [3.05, 3.63) is 30.6 Å². The van der Waals surface area contributed by atoms with Gasteiger partial charge in [-0.3, -0.25) is 9.36 Å². The SMILES string of the molecule is Cn1cc(I)c(=O)n(CCCCCO)c1=O. The molecule has 16 heavy (non-hydrogen) atoms. The highest BCUT2D eigenvalue weighted by molar-refractivity contribution is 14.1. The summed E-state index contributed by atoms with van der Waals surface area (Å²) in [5, 5.41) is 8.63. The Hall–Kier alpha value is -0.630. The van der Waals surface area contributed by atoms with Crippen LogP contribution in [-0.2, 0) is 13.6 Å². The topological polar surface area (TPSA) is 64.2 Å². The van der Waals surface area contributed by atoms with Crippen LogP contribution in [0.25, 0.3) is 0 Å². The third kappa shape index (κ3) is 3.18. The molecule has 0 aliphatic heterocycles. The van der Waals surface area contributed by atoms with Gasteiger partial charge in [-0.05, 0) is 41.9 Å². The first-order chi connectivity index (χ1) is 7.57. The summed E-state index contributed by atoms with van der Waals surface area (Å²) in [6, 6.07) is 0. The van der Waals surface area contributed by atoms with Gasteiger partial charge in [0.25, 0.3) is 5.56 Å². The van der Waals surface area contributed by atoms with E-state index in [1.54, 1.807) is 7.05 Å². The van der Waals surface area contributed by atoms with E-state index in [2.05, 4.69) is 0 Å². The molecule has 1 N–H and O–H groups in total. The molecule has 0 saturated carbocycles. The van der Waals surface area contributed by atoms with E-state index in [0.717, 1.165) is 12.8 Å². The summed E-state index contributed by atoms with van der Waals surface area (Å²) in [4.78, 5) is 23.4. The highest BCUT2D eigenvalue weighted by atomic mass is 127. The van der Waals surface area contributed by atoms with Crippen molar-refractivity contribution in [2.45, 2.75) is 25.8 Å². The van der Waals surface area contributed by atoms with E-state index in [9.17, 15) is 9.59 Å². The maximum absolute atomic E-state index is 11.7. The number of nitrogens with zero attached hydrogens (tertiary/aromatic N) is 2. The quantitative estimate of drug-likeness (QED) is 0.621. The maximum Gasteiger partial charge on any atom is 0.330 e. The van der Waals surface area contributed by atoms with E-state index >= 15 is 0 Å². The molecule has 0 aliphatic carbocycles. The second-order valence-electron chi connectivity index (χ2n) is 3.61. The zero-order valence-corrected chi connectivity index (χ0v) is 11.3. The van der Waals surface area contributed by atoms with E-state index in [1.165, 1.54) is 15.3 Å². The summed E-state index contributed by atoms with van der Waals surface area (Å²) >= 11 is 1.93. The zero-order valence-electron chi connectivity index (χ0n) is 9.15. The first-order valence-electron chi connectivity index (χ1n) is 5.14. The van der Waals surface area contributed by atoms with Crippen LogP contribution in [-0.4, -0.2) is 20.8 Å². The van der Waals surface area contributed by atoms with Crippen molar-refractivity contribution in [3.8, 4) is 0 Å². The van der Waals surface area contributed by atoms with Gasteiger partial charge >= 0.3 is 5.69 Å². The van der Waals surface area contributed by atoms with Gasteiger partial charge in [0.05, 0.1) is 3.57 Å². The van der Waals surface area contributed by atoms with Gasteiger partial charge in [0, 0.05) is 26.4 Å². The standard InChI is InChI=1S/C10H15IN2O3/c1-12-7-8(11)9(15)13(10(12)16)5-3-2-4-6-14/h7,14H,2-6H2,1H3. The van der Waals surface area contributed by atoms with Crippen LogP contribution in [0.1, 0.15) is 19.3 Å². The molecule has 0 saturated heterocycles. The lowest BCUT2D eigenvalue weighted by atomic mass is 10.2. The van der Waals surface area contributed by atoms with Gasteiger partial charge in [-0.25, -0.2) is 4.79 Å². The van der Waals surface area contributed by atoms with E-state index in [0.29, 0.717) is 16.5 Å². The molecule has 6 heteroatoms. The monoisotopic (exact) mass is 338 g/mol. The summed E-state index contributed by atoms with van der Waals surface area (Å²) in [5.41, 5.74) is -0.512. The van der Waals surface area contributed by atoms with Crippen molar-refractivity contribution in [2.75, 3.05) is 6.61 Å². The molecule has 0 spiro atoms. The van der Waals surface area contributed by atoms with Gasteiger partial charge in [-0.2, -0.15) is 0 Å². The van der Waals surface area contributed by atoms with E-state index in [4.69, 9.17) is 5.11 Å². The van der Waals surface area contributed by atoms with Crippen LogP contribution in [0.5, 0.6) is 0 Å². The fourth-order valence-electron chi connectivity index (χ4n) is 1.44. The molecule has 1 aromatic heterocycles. The molecule has 0 radical (unpaired) electrons. The number of unbranched alkanes of at least 4 members (excludes halogenated alkanes) is 2. The Morgan fingerprint density at radius 3 is 2.62 bits per heavy atom. The molecule has 1 rings (SSSR count). The van der Waals surface area contributed by atoms with Crippen LogP contribution < -0.4 is 11.2 Å². The molecule has 0 bridgehead atoms. The zero-order chi connectivity index (χ0) is 12.1. The smallest absolute Gasteiger partial charge is 0.330 e. The normalized spacial score (nSPS) is 10.7. The van der Waals surface area contributed by atoms with Crippen molar-refractivity contribution in [1.29, 1.82) is 0 Å². The largest absolute Gasteiger partial charge is 0.396 e. The molecule has 5 nitrogen and oxygen atoms in total. The van der Waals surface area contributed by atoms with Crippen molar-refractivity contribution in [1.82, 2.24) is 9.13 Å². The third-order valence-electron chi connectivity index (χ3n) is 2.33. The van der Waals surface area contributed by atoms with Crippen LogP contribution in [0.3, 0.4) is 0 Å². The number of aromatic nitrogens is 2. The number of aliphatic hydroxyl groups is 1. The summed E-state index contributed by atoms with van der Waals surface area (Å²) in [6.45, 7) is 0.571. The van der Waals surface area contributed by atoms with Crippen LogP contribution >= 0.6 is 22.6 Å². The lowest BCUT2D eigenvalue weighted by Crippen LogP contribution is -2.39. The van der Waals surface area contributed by atoms with Crippen LogP contribution in [0.15, 0.2) is 15.8 Å². The molecule has 90 valence electrons. The Morgan fingerprint density at radius 2 is 2.00 bits per heavy atom. The second-order valence-corrected chi connectivity index (χ2v) is 4.77. The molecule has 0 unspecified atom stereocenters. The number of aliphatic hydroxyl groups excluding tert-OH is 1. The van der Waals surface area contributed by atoms with Crippen LogP contribution in [0, 0.1) is 3.57 Å². The number of aryl methyl sites for hydroxylation is 1. The molecule has 0 amide bonds. The van der Waals surface area contributed by atoms with Crippen LogP contribution in [0.4, 0.5) is 0 Å². The summed E-state index contributed by atoms with van der Waals surface area (Å²) < 4.78 is 3.20. The molecule has 0 atom stereocenters. The summed E-state index contributed by atoms with van der Waals surface area (Å²) in [5.74, 6) is 0. The molecular formula is C10H15IN2O3. The minimum atomic E-state index is -0.283. The maximum atomic E-state index is 11.7. The minimum Gasteiger partial charge on any atom is -0.396 e. The lowest BCUT2D eigenvalue weighted by Gasteiger charge is -2.07. The summed E-state index contributed by atoms with van der Waals surface area (Å²) in [7, 11) is 1.63. The number of halogens is 1. The Balaban J connectivity index is 2.87. The van der Waals surface area contributed by atoms with Gasteiger partial charge in [0.2, 0.25) is 0 Å². The van der Waals surface area contributed by atoms with Crippen molar-refractivity contribution < 1.29 is 5.11 Å². The fraction of sp³-hybridized carbons (Fsp3) is 0.600. The molecule has 0 aromatic carbocycles. The number of rotatable bonds is 5. The van der Waals surface area contributed by atoms with Crippen molar-refractivity contribution in [2.24, 2.45) is 7.05 Å². The highest BCUT2D eigenvalue weighted by Gasteiger charge is 2.06. The van der Waals surface area contributed by atoms with E-state index < -0.39 is 0 Å². The third-order valence-corrected chi connectivity index (χ3v) is 3.07. The number of hydrogen-bond acceptors (Lipinski definition) is 3. The first kappa shape index (κ1) is 13.4. The van der Waals surface area contributed by atoms with Gasteiger partial charge in [0.1, 0.15) is 0 Å². The van der Waals surface area contributed by atoms with E-state index in [-0.39, 0.29) is 17.9 Å². The highest BCUT2D eigenvalue weighted by Crippen LogP contribution is 1.97. The average molecular weight is 338 g/mol. The Bertz CT molecular complexity index is 430. The molecular weight excluding hydrogens is 323 g/mol. The second kappa shape index (κ2) is 6.19. The van der Waals surface area contributed by atoms with Crippen LogP contribution in [0.2, 0.25) is 0 Å². The molecule has 0 fully saturated rings. The van der Waals surface area contributed by atoms with Gasteiger partial charge in [-0.15, -0.1) is 0 Å². The van der Waals surface area contributed by atoms with Gasteiger partial charge < -0.3 is 9.67 Å². The van der Waals surface area contributed by atoms with Crippen molar-refractivity contribution in [3.63, 3.8) is 0 Å². The average Bonchev–Trinajstić information content (AvgIpc) is 2.25. The van der Waals surface area contributed by atoms with Crippen molar-refractivity contribution >= 4 is 22.6 Å². The predicted molar refractivity (Wildman–Crippen MR) is 69.6 cm³/mol. The molecule has 1 aromatic rings. The number of hydrogen-bond donors (Lipinski definition) is 1. The molecule has 0 aliphatic rings.